The first-order chi connectivity index (χ1) is 8.16. The van der Waals surface area contributed by atoms with Crippen LogP contribution in [0.1, 0.15) is 36.1 Å². The highest BCUT2D eigenvalue weighted by Gasteiger charge is 2.31. The molecule has 3 heteroatoms. The summed E-state index contributed by atoms with van der Waals surface area (Å²) in [6.45, 7) is 10.2. The number of nitrogens with one attached hydrogen (secondary N) is 1. The second-order valence-electron chi connectivity index (χ2n) is 5.71. The summed E-state index contributed by atoms with van der Waals surface area (Å²) in [5, 5.41) is 1.68. The summed E-state index contributed by atoms with van der Waals surface area (Å²) in [5.74, 6) is 0.0128. The molecule has 1 aromatic carbocycles. The van der Waals surface area contributed by atoms with E-state index in [1.807, 2.05) is 27.9 Å². The van der Waals surface area contributed by atoms with Crippen LogP contribution in [0, 0.1) is 20.8 Å². The van der Waals surface area contributed by atoms with Gasteiger partial charge in [0.05, 0.1) is 5.41 Å². The van der Waals surface area contributed by atoms with Crippen molar-refractivity contribution in [1.29, 1.82) is 0 Å². The Balaban J connectivity index is 3.19. The number of carbonyl (C=O) groups excluding carboxylic acids is 1. The molecule has 0 fully saturated rings. The summed E-state index contributed by atoms with van der Waals surface area (Å²) in [5.41, 5.74) is 7.04. The zero-order valence-electron chi connectivity index (χ0n) is 12.5. The highest BCUT2D eigenvalue weighted by atomic mass is 16.2. The summed E-state index contributed by atoms with van der Waals surface area (Å²) in [4.78, 5) is 12.3. The second-order valence-corrected chi connectivity index (χ2v) is 5.71. The van der Waals surface area contributed by atoms with Crippen LogP contribution in [-0.4, -0.2) is 25.0 Å². The molecular weight excluding hydrogens is 224 g/mol. The van der Waals surface area contributed by atoms with Gasteiger partial charge >= 0.3 is 0 Å². The topological polar surface area (TPSA) is 32.3 Å². The van der Waals surface area contributed by atoms with E-state index in [1.165, 1.54) is 11.1 Å². The van der Waals surface area contributed by atoms with Crippen LogP contribution in [0.2, 0.25) is 0 Å². The number of hydrazine groups is 1. The molecule has 1 N–H and O–H groups in total. The quantitative estimate of drug-likeness (QED) is 0.834. The van der Waals surface area contributed by atoms with Gasteiger partial charge in [0.25, 0.3) is 0 Å². The predicted molar refractivity (Wildman–Crippen MR) is 75.5 cm³/mol. The molecule has 0 aromatic heterocycles. The molecule has 1 rings (SSSR count). The van der Waals surface area contributed by atoms with E-state index in [4.69, 9.17) is 0 Å². The Kier molecular flexibility index (Phi) is 4.17. The SMILES string of the molecule is Cc1cc(C)c(C(C)(C)C(=O)NN(C)C)cc1C. The predicted octanol–water partition coefficient (Wildman–Crippen LogP) is 2.48. The summed E-state index contributed by atoms with van der Waals surface area (Å²) >= 11 is 0. The molecule has 0 unspecified atom stereocenters. The molecule has 3 nitrogen and oxygen atoms in total. The first-order valence-electron chi connectivity index (χ1n) is 6.23. The maximum atomic E-state index is 12.3. The number of amides is 1. The molecule has 1 amide bonds. The Bertz CT molecular complexity index is 462. The third-order valence-electron chi connectivity index (χ3n) is 3.41. The third kappa shape index (κ3) is 2.91. The molecule has 0 bridgehead atoms. The Morgan fingerprint density at radius 2 is 1.56 bits per heavy atom. The summed E-state index contributed by atoms with van der Waals surface area (Å²) in [6.07, 6.45) is 0. The van der Waals surface area contributed by atoms with Gasteiger partial charge in [0, 0.05) is 14.1 Å². The fourth-order valence-electron chi connectivity index (χ4n) is 2.10. The third-order valence-corrected chi connectivity index (χ3v) is 3.41. The van der Waals surface area contributed by atoms with Crippen LogP contribution in [0.3, 0.4) is 0 Å². The minimum atomic E-state index is -0.535. The van der Waals surface area contributed by atoms with Crippen molar-refractivity contribution in [1.82, 2.24) is 10.4 Å². The van der Waals surface area contributed by atoms with Crippen molar-refractivity contribution >= 4 is 5.91 Å². The van der Waals surface area contributed by atoms with Crippen LogP contribution in [-0.2, 0) is 10.2 Å². The van der Waals surface area contributed by atoms with Gasteiger partial charge in [-0.25, -0.2) is 5.01 Å². The molecule has 0 saturated carbocycles. The Labute approximate surface area is 110 Å². The number of rotatable bonds is 3. The molecule has 0 heterocycles. The van der Waals surface area contributed by atoms with Gasteiger partial charge in [-0.1, -0.05) is 12.1 Å². The van der Waals surface area contributed by atoms with Crippen molar-refractivity contribution in [3.05, 3.63) is 34.4 Å². The average Bonchev–Trinajstić information content (AvgIpc) is 2.22. The van der Waals surface area contributed by atoms with Gasteiger partial charge in [0.15, 0.2) is 0 Å². The van der Waals surface area contributed by atoms with Crippen molar-refractivity contribution in [2.75, 3.05) is 14.1 Å². The van der Waals surface area contributed by atoms with Crippen molar-refractivity contribution in [2.45, 2.75) is 40.0 Å². The van der Waals surface area contributed by atoms with Gasteiger partial charge in [-0.3, -0.25) is 10.2 Å². The Hall–Kier alpha value is -1.35. The maximum Gasteiger partial charge on any atom is 0.244 e. The second kappa shape index (κ2) is 5.11. The lowest BCUT2D eigenvalue weighted by molar-refractivity contribution is -0.129. The monoisotopic (exact) mass is 248 g/mol. The number of carbonyl (C=O) groups is 1. The van der Waals surface area contributed by atoms with Gasteiger partial charge in [-0.15, -0.1) is 0 Å². The van der Waals surface area contributed by atoms with Crippen LogP contribution in [0.15, 0.2) is 12.1 Å². The summed E-state index contributed by atoms with van der Waals surface area (Å²) in [6, 6.07) is 4.27. The normalized spacial score (nSPS) is 11.8. The van der Waals surface area contributed by atoms with Crippen LogP contribution < -0.4 is 5.43 Å². The fraction of sp³-hybridized carbons (Fsp3) is 0.533. The largest absolute Gasteiger partial charge is 0.289 e. The molecule has 0 saturated heterocycles. The van der Waals surface area contributed by atoms with E-state index in [9.17, 15) is 4.79 Å². The lowest BCUT2D eigenvalue weighted by atomic mass is 9.80. The van der Waals surface area contributed by atoms with Gasteiger partial charge in [-0.05, 0) is 56.9 Å². The minimum absolute atomic E-state index is 0.0128. The van der Waals surface area contributed by atoms with Gasteiger partial charge in [0.1, 0.15) is 0 Å². The molecule has 18 heavy (non-hydrogen) atoms. The smallest absolute Gasteiger partial charge is 0.244 e. The highest BCUT2D eigenvalue weighted by molar-refractivity contribution is 5.87. The van der Waals surface area contributed by atoms with Gasteiger partial charge < -0.3 is 0 Å². The lowest BCUT2D eigenvalue weighted by Crippen LogP contribution is -2.46. The van der Waals surface area contributed by atoms with Gasteiger partial charge in [-0.2, -0.15) is 0 Å². The van der Waals surface area contributed by atoms with E-state index < -0.39 is 5.41 Å². The Morgan fingerprint density at radius 1 is 1.06 bits per heavy atom. The van der Waals surface area contributed by atoms with Crippen LogP contribution in [0.5, 0.6) is 0 Å². The lowest BCUT2D eigenvalue weighted by Gasteiger charge is -2.28. The minimum Gasteiger partial charge on any atom is -0.289 e. The maximum absolute atomic E-state index is 12.3. The first-order valence-corrected chi connectivity index (χ1v) is 6.23. The fourth-order valence-corrected chi connectivity index (χ4v) is 2.10. The molecule has 0 radical (unpaired) electrons. The number of hydrogen-bond donors (Lipinski definition) is 1. The zero-order valence-corrected chi connectivity index (χ0v) is 12.5. The average molecular weight is 248 g/mol. The summed E-state index contributed by atoms with van der Waals surface area (Å²) < 4.78 is 0. The van der Waals surface area contributed by atoms with Crippen molar-refractivity contribution in [2.24, 2.45) is 0 Å². The standard InChI is InChI=1S/C15H24N2O/c1-10-8-12(3)13(9-11(10)2)15(4,5)14(18)16-17(6)7/h8-9H,1-7H3,(H,16,18). The van der Waals surface area contributed by atoms with Crippen LogP contribution in [0.4, 0.5) is 0 Å². The number of nitrogens with zero attached hydrogens (tertiary/aromatic N) is 1. The van der Waals surface area contributed by atoms with Gasteiger partial charge in [0.2, 0.25) is 5.91 Å². The van der Waals surface area contributed by atoms with Crippen molar-refractivity contribution < 1.29 is 4.79 Å². The molecule has 0 aliphatic carbocycles. The van der Waals surface area contributed by atoms with Crippen LogP contribution in [0.25, 0.3) is 0 Å². The highest BCUT2D eigenvalue weighted by Crippen LogP contribution is 2.28. The number of benzene rings is 1. The molecule has 0 aliphatic rings. The molecular formula is C15H24N2O. The zero-order chi connectivity index (χ0) is 14.1. The molecule has 0 atom stereocenters. The van der Waals surface area contributed by atoms with E-state index in [2.05, 4.69) is 38.3 Å². The van der Waals surface area contributed by atoms with Crippen molar-refractivity contribution in [3.63, 3.8) is 0 Å². The van der Waals surface area contributed by atoms with E-state index in [-0.39, 0.29) is 5.91 Å². The molecule has 0 spiro atoms. The number of aryl methyl sites for hydroxylation is 3. The van der Waals surface area contributed by atoms with E-state index in [0.717, 1.165) is 11.1 Å². The van der Waals surface area contributed by atoms with E-state index >= 15 is 0 Å². The van der Waals surface area contributed by atoms with E-state index in [1.54, 1.807) is 5.01 Å². The van der Waals surface area contributed by atoms with Crippen LogP contribution >= 0.6 is 0 Å². The molecule has 1 aromatic rings. The number of hydrogen-bond acceptors (Lipinski definition) is 2. The first kappa shape index (κ1) is 14.7. The molecule has 100 valence electrons. The van der Waals surface area contributed by atoms with E-state index in [0.29, 0.717) is 0 Å². The molecule has 0 aliphatic heterocycles. The van der Waals surface area contributed by atoms with Crippen molar-refractivity contribution in [3.8, 4) is 0 Å². The Morgan fingerprint density at radius 3 is 2.06 bits per heavy atom. The summed E-state index contributed by atoms with van der Waals surface area (Å²) in [7, 11) is 3.64.